The summed E-state index contributed by atoms with van der Waals surface area (Å²) in [5.41, 5.74) is 7.81. The van der Waals surface area contributed by atoms with E-state index in [4.69, 9.17) is 9.97 Å². The van der Waals surface area contributed by atoms with Crippen LogP contribution in [0.2, 0.25) is 0 Å². The number of fused-ring (bicyclic) bond motifs is 3. The van der Waals surface area contributed by atoms with Gasteiger partial charge >= 0.3 is 7.12 Å². The lowest BCUT2D eigenvalue weighted by molar-refractivity contribution is 0.426. The minimum absolute atomic E-state index is 0.462. The summed E-state index contributed by atoms with van der Waals surface area (Å²) in [6, 6.07) is 44.1. The summed E-state index contributed by atoms with van der Waals surface area (Å²) in [5.74, 6) is 0.639. The lowest BCUT2D eigenvalue weighted by Gasteiger charge is -2.12. The summed E-state index contributed by atoms with van der Waals surface area (Å²) in [5, 5.41) is 22.4. The largest absolute Gasteiger partial charge is 0.490 e. The fourth-order valence-electron chi connectivity index (χ4n) is 5.37. The van der Waals surface area contributed by atoms with Gasteiger partial charge in [0.2, 0.25) is 0 Å². The molecule has 5 nitrogen and oxygen atoms in total. The molecular weight excluding hydrogens is 493 g/mol. The van der Waals surface area contributed by atoms with Crippen molar-refractivity contribution in [3.8, 4) is 39.6 Å². The Balaban J connectivity index is 1.39. The molecule has 7 rings (SSSR count). The Morgan fingerprint density at radius 3 is 1.73 bits per heavy atom. The summed E-state index contributed by atoms with van der Waals surface area (Å²) in [6.45, 7) is 0. The lowest BCUT2D eigenvalue weighted by atomic mass is 9.79. The molecule has 0 bridgehead atoms. The molecule has 0 saturated heterocycles. The zero-order valence-electron chi connectivity index (χ0n) is 21.5. The molecule has 0 amide bonds. The predicted molar refractivity (Wildman–Crippen MR) is 163 cm³/mol. The Morgan fingerprint density at radius 2 is 1.10 bits per heavy atom. The number of benzene rings is 5. The monoisotopic (exact) mass is 517 g/mol. The van der Waals surface area contributed by atoms with Crippen molar-refractivity contribution in [2.45, 2.75) is 0 Å². The highest BCUT2D eigenvalue weighted by molar-refractivity contribution is 6.62. The van der Waals surface area contributed by atoms with Crippen LogP contribution in [0.1, 0.15) is 0 Å². The minimum Gasteiger partial charge on any atom is -0.423 e. The van der Waals surface area contributed by atoms with Gasteiger partial charge in [0.25, 0.3) is 0 Å². The van der Waals surface area contributed by atoms with E-state index in [0.29, 0.717) is 11.3 Å². The number of nitrogens with zero attached hydrogens (tertiary/aromatic N) is 3. The number of aromatic nitrogens is 3. The van der Waals surface area contributed by atoms with Crippen molar-refractivity contribution >= 4 is 34.4 Å². The minimum atomic E-state index is -1.59. The molecule has 40 heavy (non-hydrogen) atoms. The highest BCUT2D eigenvalue weighted by Gasteiger charge is 2.21. The molecule has 0 unspecified atom stereocenters. The van der Waals surface area contributed by atoms with Gasteiger partial charge in [-0.25, -0.2) is 9.97 Å². The van der Waals surface area contributed by atoms with Gasteiger partial charge in [0, 0.05) is 38.6 Å². The SMILES string of the molecule is OB(O)c1cccc2c3ccccc3n(-c3ccc(-c4nc(-c5ccccc5)cc(-c5ccccc5)n4)cc3)c12. The highest BCUT2D eigenvalue weighted by atomic mass is 16.4. The van der Waals surface area contributed by atoms with Crippen LogP contribution < -0.4 is 5.46 Å². The third kappa shape index (κ3) is 4.16. The van der Waals surface area contributed by atoms with E-state index in [2.05, 4.69) is 41.0 Å². The molecule has 2 N–H and O–H groups in total. The molecule has 0 fully saturated rings. The number of hydrogen-bond acceptors (Lipinski definition) is 4. The van der Waals surface area contributed by atoms with Gasteiger partial charge in [-0.05, 0) is 36.4 Å². The van der Waals surface area contributed by atoms with E-state index in [1.54, 1.807) is 6.07 Å². The van der Waals surface area contributed by atoms with E-state index in [1.165, 1.54) is 0 Å². The second-order valence-electron chi connectivity index (χ2n) is 9.71. The van der Waals surface area contributed by atoms with E-state index in [-0.39, 0.29) is 0 Å². The van der Waals surface area contributed by atoms with Crippen molar-refractivity contribution in [2.75, 3.05) is 0 Å². The van der Waals surface area contributed by atoms with Gasteiger partial charge in [0.1, 0.15) is 0 Å². The zero-order valence-corrected chi connectivity index (χ0v) is 21.5. The molecular formula is C34H24BN3O2. The third-order valence-electron chi connectivity index (χ3n) is 7.25. The van der Waals surface area contributed by atoms with Gasteiger partial charge in [0.05, 0.1) is 22.4 Å². The van der Waals surface area contributed by atoms with Crippen molar-refractivity contribution in [3.63, 3.8) is 0 Å². The number of hydrogen-bond donors (Lipinski definition) is 2. The summed E-state index contributed by atoms with van der Waals surface area (Å²) < 4.78 is 2.08. The van der Waals surface area contributed by atoms with Crippen LogP contribution in [0.25, 0.3) is 61.4 Å². The molecule has 0 aliphatic carbocycles. The maximum Gasteiger partial charge on any atom is 0.490 e. The lowest BCUT2D eigenvalue weighted by Crippen LogP contribution is -2.31. The van der Waals surface area contributed by atoms with Gasteiger partial charge < -0.3 is 14.6 Å². The first-order valence-corrected chi connectivity index (χ1v) is 13.2. The molecule has 0 aliphatic heterocycles. The van der Waals surface area contributed by atoms with Gasteiger partial charge in [-0.1, -0.05) is 97.1 Å². The average molecular weight is 517 g/mol. The van der Waals surface area contributed by atoms with Crippen LogP contribution in [0.4, 0.5) is 0 Å². The molecule has 7 aromatic rings. The van der Waals surface area contributed by atoms with E-state index >= 15 is 0 Å². The number of rotatable bonds is 5. The van der Waals surface area contributed by atoms with Crippen molar-refractivity contribution in [1.82, 2.24) is 14.5 Å². The molecule has 0 spiro atoms. The van der Waals surface area contributed by atoms with E-state index in [1.807, 2.05) is 91.0 Å². The Hall–Kier alpha value is -5.04. The maximum atomic E-state index is 10.2. The molecule has 6 heteroatoms. The molecule has 190 valence electrons. The first kappa shape index (κ1) is 24.0. The van der Waals surface area contributed by atoms with Gasteiger partial charge in [-0.15, -0.1) is 0 Å². The molecule has 0 radical (unpaired) electrons. The average Bonchev–Trinajstić information content (AvgIpc) is 3.36. The van der Waals surface area contributed by atoms with E-state index in [0.717, 1.165) is 55.6 Å². The zero-order chi connectivity index (χ0) is 27.1. The van der Waals surface area contributed by atoms with Crippen molar-refractivity contribution in [3.05, 3.63) is 133 Å². The highest BCUT2D eigenvalue weighted by Crippen LogP contribution is 2.32. The summed E-state index contributed by atoms with van der Waals surface area (Å²) in [6.07, 6.45) is 0. The van der Waals surface area contributed by atoms with Crippen LogP contribution in [-0.4, -0.2) is 31.7 Å². The van der Waals surface area contributed by atoms with Crippen LogP contribution in [0.3, 0.4) is 0 Å². The Labute approximate surface area is 231 Å². The first-order chi connectivity index (χ1) is 19.7. The second-order valence-corrected chi connectivity index (χ2v) is 9.71. The maximum absolute atomic E-state index is 10.2. The fourth-order valence-corrected chi connectivity index (χ4v) is 5.37. The molecule has 2 heterocycles. The number of para-hydroxylation sites is 2. The van der Waals surface area contributed by atoms with Gasteiger partial charge in [-0.3, -0.25) is 0 Å². The van der Waals surface area contributed by atoms with Crippen LogP contribution >= 0.6 is 0 Å². The van der Waals surface area contributed by atoms with Crippen molar-refractivity contribution < 1.29 is 10.0 Å². The van der Waals surface area contributed by atoms with Gasteiger partial charge in [-0.2, -0.15) is 0 Å². The van der Waals surface area contributed by atoms with Crippen LogP contribution in [-0.2, 0) is 0 Å². The molecule has 0 atom stereocenters. The van der Waals surface area contributed by atoms with Gasteiger partial charge in [0.15, 0.2) is 5.82 Å². The van der Waals surface area contributed by atoms with Crippen LogP contribution in [0, 0.1) is 0 Å². The van der Waals surface area contributed by atoms with Crippen LogP contribution in [0.15, 0.2) is 133 Å². The Morgan fingerprint density at radius 1 is 0.525 bits per heavy atom. The predicted octanol–water partition coefficient (Wildman–Crippen LogP) is 6.25. The summed E-state index contributed by atoms with van der Waals surface area (Å²) >= 11 is 0. The standard InChI is InChI=1S/C34H24BN3O2/c39-35(40)29-16-9-15-28-27-14-7-8-17-32(27)38(33(28)29)26-20-18-25(19-21-26)34-36-30(23-10-3-1-4-11-23)22-31(37-34)24-12-5-2-6-13-24/h1-22,39-40H. The smallest absolute Gasteiger partial charge is 0.423 e. The summed E-state index contributed by atoms with van der Waals surface area (Å²) in [7, 11) is -1.59. The van der Waals surface area contributed by atoms with Crippen LogP contribution in [0.5, 0.6) is 0 Å². The third-order valence-corrected chi connectivity index (χ3v) is 7.25. The van der Waals surface area contributed by atoms with E-state index in [9.17, 15) is 10.0 Å². The normalized spacial score (nSPS) is 11.2. The topological polar surface area (TPSA) is 71.2 Å². The first-order valence-electron chi connectivity index (χ1n) is 13.2. The van der Waals surface area contributed by atoms with Crippen molar-refractivity contribution in [1.29, 1.82) is 0 Å². The molecule has 0 aliphatic rings. The fraction of sp³-hybridized carbons (Fsp3) is 0. The Kier molecular flexibility index (Phi) is 5.97. The molecule has 5 aromatic carbocycles. The van der Waals surface area contributed by atoms with Crippen molar-refractivity contribution in [2.24, 2.45) is 0 Å². The van der Waals surface area contributed by atoms with E-state index < -0.39 is 7.12 Å². The Bertz CT molecular complexity index is 1910. The summed E-state index contributed by atoms with van der Waals surface area (Å²) in [4.78, 5) is 9.89. The molecule has 0 saturated carbocycles. The second kappa shape index (κ2) is 9.93. The molecule has 2 aromatic heterocycles. The quantitative estimate of drug-likeness (QED) is 0.265.